The van der Waals surface area contributed by atoms with E-state index in [2.05, 4.69) is 10.4 Å². The Kier molecular flexibility index (Phi) is 3.67. The number of phenolic OH excluding ortho intramolecular Hbond substituents is 1. The lowest BCUT2D eigenvalue weighted by Gasteiger charge is -2.18. The molecule has 1 aliphatic rings. The van der Waals surface area contributed by atoms with Crippen molar-refractivity contribution in [3.8, 4) is 5.75 Å². The molecule has 0 saturated carbocycles. The zero-order valence-electron chi connectivity index (χ0n) is 11.1. The Bertz CT molecular complexity index is 568. The lowest BCUT2D eigenvalue weighted by atomic mass is 10.1. The van der Waals surface area contributed by atoms with E-state index in [4.69, 9.17) is 0 Å². The smallest absolute Gasteiger partial charge is 0.123 e. The molecule has 0 bridgehead atoms. The van der Waals surface area contributed by atoms with Crippen LogP contribution in [0.1, 0.15) is 23.6 Å². The van der Waals surface area contributed by atoms with Gasteiger partial charge in [-0.25, -0.2) is 14.8 Å². The highest BCUT2D eigenvalue weighted by atomic mass is 19.1. The highest BCUT2D eigenvalue weighted by Crippen LogP contribution is 2.24. The minimum atomic E-state index is -0.201. The molecule has 1 unspecified atom stereocenters. The van der Waals surface area contributed by atoms with Gasteiger partial charge in [-0.15, -0.1) is 0 Å². The molecule has 0 amide bonds. The van der Waals surface area contributed by atoms with Crippen molar-refractivity contribution in [1.29, 1.82) is 0 Å². The Morgan fingerprint density at radius 2 is 1.80 bits per heavy atom. The zero-order valence-corrected chi connectivity index (χ0v) is 11.1. The van der Waals surface area contributed by atoms with Crippen LogP contribution in [0, 0.1) is 5.82 Å². The molecule has 20 heavy (non-hydrogen) atoms. The molecule has 2 aromatic carbocycles. The van der Waals surface area contributed by atoms with E-state index in [0.717, 1.165) is 30.6 Å². The van der Waals surface area contributed by atoms with Crippen LogP contribution in [0.3, 0.4) is 0 Å². The number of phenols is 1. The van der Waals surface area contributed by atoms with Crippen LogP contribution in [0.25, 0.3) is 0 Å². The first-order valence-corrected chi connectivity index (χ1v) is 6.75. The van der Waals surface area contributed by atoms with Gasteiger partial charge in [0.25, 0.3) is 0 Å². The highest BCUT2D eigenvalue weighted by molar-refractivity contribution is 5.26. The van der Waals surface area contributed by atoms with E-state index < -0.39 is 0 Å². The average Bonchev–Trinajstić information content (AvgIpc) is 2.91. The van der Waals surface area contributed by atoms with Gasteiger partial charge < -0.3 is 5.11 Å². The van der Waals surface area contributed by atoms with Crippen LogP contribution in [0.4, 0.5) is 4.39 Å². The summed E-state index contributed by atoms with van der Waals surface area (Å²) in [6, 6.07) is 14.1. The summed E-state index contributed by atoms with van der Waals surface area (Å²) in [6.45, 7) is 1.74. The van der Waals surface area contributed by atoms with Gasteiger partial charge in [0.2, 0.25) is 0 Å². The molecule has 3 nitrogen and oxygen atoms in total. The number of nitrogens with one attached hydrogen (secondary N) is 1. The molecule has 1 fully saturated rings. The Hall–Kier alpha value is -1.91. The maximum atomic E-state index is 12.9. The van der Waals surface area contributed by atoms with Crippen LogP contribution in [0.5, 0.6) is 5.75 Å². The monoisotopic (exact) mass is 272 g/mol. The maximum Gasteiger partial charge on any atom is 0.123 e. The summed E-state index contributed by atoms with van der Waals surface area (Å²) in [5.41, 5.74) is 5.70. The van der Waals surface area contributed by atoms with Crippen molar-refractivity contribution in [2.24, 2.45) is 0 Å². The van der Waals surface area contributed by atoms with E-state index in [9.17, 15) is 9.50 Å². The molecule has 0 aliphatic carbocycles. The number of rotatable bonds is 3. The highest BCUT2D eigenvalue weighted by Gasteiger charge is 2.22. The predicted molar refractivity (Wildman–Crippen MR) is 75.4 cm³/mol. The first kappa shape index (κ1) is 13.1. The molecule has 1 heterocycles. The molecular weight excluding hydrogens is 255 g/mol. The molecule has 0 radical (unpaired) electrons. The van der Waals surface area contributed by atoms with Gasteiger partial charge in [0.1, 0.15) is 11.6 Å². The fourth-order valence-corrected chi connectivity index (χ4v) is 2.52. The van der Waals surface area contributed by atoms with E-state index in [1.807, 2.05) is 24.3 Å². The Labute approximate surface area is 117 Å². The van der Waals surface area contributed by atoms with Gasteiger partial charge in [-0.3, -0.25) is 0 Å². The molecule has 0 aromatic heterocycles. The molecule has 1 atom stereocenters. The second kappa shape index (κ2) is 5.61. The first-order valence-electron chi connectivity index (χ1n) is 6.75. The number of hydrogen-bond donors (Lipinski definition) is 2. The summed E-state index contributed by atoms with van der Waals surface area (Å²) in [7, 11) is 0. The molecule has 2 N–H and O–H groups in total. The van der Waals surface area contributed by atoms with Crippen molar-refractivity contribution in [3.05, 3.63) is 65.5 Å². The SMILES string of the molecule is Oc1ccc(CN2CCC(c3ccc(F)cc3)N2)cc1. The number of hydrogen-bond acceptors (Lipinski definition) is 3. The van der Waals surface area contributed by atoms with Crippen molar-refractivity contribution in [2.45, 2.75) is 19.0 Å². The van der Waals surface area contributed by atoms with Gasteiger partial charge in [-0.05, 0) is 41.8 Å². The molecule has 2 aromatic rings. The number of aromatic hydroxyl groups is 1. The third-order valence-electron chi connectivity index (χ3n) is 3.61. The van der Waals surface area contributed by atoms with E-state index in [1.54, 1.807) is 12.1 Å². The average molecular weight is 272 g/mol. The zero-order chi connectivity index (χ0) is 13.9. The van der Waals surface area contributed by atoms with Crippen molar-refractivity contribution in [1.82, 2.24) is 10.4 Å². The van der Waals surface area contributed by atoms with E-state index in [-0.39, 0.29) is 17.6 Å². The summed E-state index contributed by atoms with van der Waals surface area (Å²) < 4.78 is 12.9. The molecule has 4 heteroatoms. The van der Waals surface area contributed by atoms with Gasteiger partial charge in [-0.2, -0.15) is 0 Å². The molecule has 1 aliphatic heterocycles. The minimum Gasteiger partial charge on any atom is -0.508 e. The lowest BCUT2D eigenvalue weighted by molar-refractivity contribution is 0.227. The summed E-state index contributed by atoms with van der Waals surface area (Å²) >= 11 is 0. The maximum absolute atomic E-state index is 12.9. The van der Waals surface area contributed by atoms with E-state index >= 15 is 0 Å². The van der Waals surface area contributed by atoms with Crippen LogP contribution < -0.4 is 5.43 Å². The fourth-order valence-electron chi connectivity index (χ4n) is 2.52. The van der Waals surface area contributed by atoms with Crippen LogP contribution in [-0.2, 0) is 6.54 Å². The Balaban J connectivity index is 1.62. The largest absolute Gasteiger partial charge is 0.508 e. The Morgan fingerprint density at radius 1 is 1.10 bits per heavy atom. The van der Waals surface area contributed by atoms with Crippen LogP contribution in [0.15, 0.2) is 48.5 Å². The Morgan fingerprint density at radius 3 is 2.50 bits per heavy atom. The van der Waals surface area contributed by atoms with Gasteiger partial charge in [0.05, 0.1) is 0 Å². The molecule has 104 valence electrons. The first-order chi connectivity index (χ1) is 9.70. The molecule has 3 rings (SSSR count). The number of nitrogens with zero attached hydrogens (tertiary/aromatic N) is 1. The van der Waals surface area contributed by atoms with E-state index in [0.29, 0.717) is 0 Å². The third kappa shape index (κ3) is 2.98. The number of benzene rings is 2. The van der Waals surface area contributed by atoms with Crippen molar-refractivity contribution in [2.75, 3.05) is 6.54 Å². The molecular formula is C16H17FN2O. The van der Waals surface area contributed by atoms with Gasteiger partial charge >= 0.3 is 0 Å². The van der Waals surface area contributed by atoms with Gasteiger partial charge in [-0.1, -0.05) is 24.3 Å². The standard InChI is InChI=1S/C16H17FN2O/c17-14-5-3-13(4-6-14)16-9-10-19(18-16)11-12-1-7-15(20)8-2-12/h1-8,16,18,20H,9-11H2. The lowest BCUT2D eigenvalue weighted by Crippen LogP contribution is -2.31. The molecule has 1 saturated heterocycles. The quantitative estimate of drug-likeness (QED) is 0.901. The number of hydrazine groups is 1. The van der Waals surface area contributed by atoms with Crippen molar-refractivity contribution in [3.63, 3.8) is 0 Å². The van der Waals surface area contributed by atoms with Crippen LogP contribution in [-0.4, -0.2) is 16.7 Å². The summed E-state index contributed by atoms with van der Waals surface area (Å²) in [5.74, 6) is 0.0833. The van der Waals surface area contributed by atoms with Crippen molar-refractivity contribution >= 4 is 0 Å². The van der Waals surface area contributed by atoms with Crippen molar-refractivity contribution < 1.29 is 9.50 Å². The van der Waals surface area contributed by atoms with E-state index in [1.165, 1.54) is 12.1 Å². The summed E-state index contributed by atoms with van der Waals surface area (Å²) in [4.78, 5) is 0. The van der Waals surface area contributed by atoms with Crippen LogP contribution >= 0.6 is 0 Å². The third-order valence-corrected chi connectivity index (χ3v) is 3.61. The second-order valence-corrected chi connectivity index (χ2v) is 5.11. The summed E-state index contributed by atoms with van der Waals surface area (Å²) in [6.07, 6.45) is 1.00. The second-order valence-electron chi connectivity index (χ2n) is 5.11. The van der Waals surface area contributed by atoms with Gasteiger partial charge in [0, 0.05) is 19.1 Å². The fraction of sp³-hybridized carbons (Fsp3) is 0.250. The van der Waals surface area contributed by atoms with Gasteiger partial charge in [0.15, 0.2) is 0 Å². The van der Waals surface area contributed by atoms with Crippen LogP contribution in [0.2, 0.25) is 0 Å². The predicted octanol–water partition coefficient (Wildman–Crippen LogP) is 2.98. The number of halogens is 1. The molecule has 0 spiro atoms. The topological polar surface area (TPSA) is 35.5 Å². The normalized spacial score (nSPS) is 19.4. The minimum absolute atomic E-state index is 0.201. The summed E-state index contributed by atoms with van der Waals surface area (Å²) in [5, 5.41) is 11.4.